The molecule has 4 nitrogen and oxygen atoms in total. The van der Waals surface area contributed by atoms with E-state index in [1.165, 1.54) is 12.1 Å². The van der Waals surface area contributed by atoms with Crippen LogP contribution in [0, 0.1) is 19.7 Å². The summed E-state index contributed by atoms with van der Waals surface area (Å²) in [6.45, 7) is 3.96. The average molecular weight is 348 g/mol. The predicted molar refractivity (Wildman–Crippen MR) is 96.4 cm³/mol. The van der Waals surface area contributed by atoms with Crippen LogP contribution in [0.3, 0.4) is 0 Å². The van der Waals surface area contributed by atoms with Gasteiger partial charge in [0.2, 0.25) is 5.72 Å². The number of cyclic esters (lactones) is 1. The molecule has 1 N–H and O–H groups in total. The average Bonchev–Trinajstić information content (AvgIpc) is 2.92. The Morgan fingerprint density at radius 1 is 1.04 bits per heavy atom. The molecule has 0 radical (unpaired) electrons. The molecule has 1 unspecified atom stereocenters. The quantitative estimate of drug-likeness (QED) is 0.716. The number of hydrogen-bond donors (Lipinski definition) is 1. The van der Waals surface area contributed by atoms with Gasteiger partial charge in [0.1, 0.15) is 11.6 Å². The van der Waals surface area contributed by atoms with Crippen molar-refractivity contribution in [3.8, 4) is 0 Å². The Kier molecular flexibility index (Phi) is 3.72. The first-order valence-electron chi connectivity index (χ1n) is 8.30. The van der Waals surface area contributed by atoms with E-state index in [0.717, 1.165) is 11.1 Å². The third kappa shape index (κ3) is 2.44. The number of benzene rings is 2. The number of esters is 1. The molecule has 2 heterocycles. The zero-order valence-electron chi connectivity index (χ0n) is 14.4. The second-order valence-electron chi connectivity index (χ2n) is 6.37. The third-order valence-electron chi connectivity index (χ3n) is 4.71. The smallest absolute Gasteiger partial charge is 0.341 e. The first kappa shape index (κ1) is 16.3. The van der Waals surface area contributed by atoms with Crippen molar-refractivity contribution < 1.29 is 13.9 Å². The number of fused-ring (bicyclic) bond motifs is 1. The molecule has 3 aromatic rings. The molecule has 0 spiro atoms. The van der Waals surface area contributed by atoms with Crippen molar-refractivity contribution >= 4 is 11.8 Å². The molecule has 0 bridgehead atoms. The van der Waals surface area contributed by atoms with E-state index in [9.17, 15) is 9.18 Å². The summed E-state index contributed by atoms with van der Waals surface area (Å²) in [5.74, 6) is -0.592. The van der Waals surface area contributed by atoms with Crippen LogP contribution in [0.4, 0.5) is 10.2 Å². The summed E-state index contributed by atoms with van der Waals surface area (Å²) in [5, 5.41) is 3.15. The molecule has 130 valence electrons. The Labute approximate surface area is 150 Å². The van der Waals surface area contributed by atoms with E-state index in [4.69, 9.17) is 4.74 Å². The summed E-state index contributed by atoms with van der Waals surface area (Å²) in [4.78, 5) is 16.8. The molecule has 1 aromatic heterocycles. The van der Waals surface area contributed by atoms with E-state index in [2.05, 4.69) is 10.3 Å². The van der Waals surface area contributed by atoms with Crippen molar-refractivity contribution in [1.82, 2.24) is 4.98 Å². The number of nitrogens with one attached hydrogen (secondary N) is 1. The van der Waals surface area contributed by atoms with Gasteiger partial charge in [-0.15, -0.1) is 0 Å². The third-order valence-corrected chi connectivity index (χ3v) is 4.71. The van der Waals surface area contributed by atoms with Crippen LogP contribution in [0.1, 0.15) is 32.6 Å². The fourth-order valence-electron chi connectivity index (χ4n) is 3.24. The van der Waals surface area contributed by atoms with Crippen LogP contribution < -0.4 is 5.32 Å². The van der Waals surface area contributed by atoms with Crippen molar-refractivity contribution in [2.24, 2.45) is 0 Å². The summed E-state index contributed by atoms with van der Waals surface area (Å²) in [5.41, 5.74) is 1.68. The number of halogens is 1. The van der Waals surface area contributed by atoms with Crippen LogP contribution in [-0.4, -0.2) is 11.0 Å². The van der Waals surface area contributed by atoms with E-state index in [0.29, 0.717) is 11.4 Å². The summed E-state index contributed by atoms with van der Waals surface area (Å²) in [6.07, 6.45) is 1.62. The number of anilines is 1. The van der Waals surface area contributed by atoms with Crippen LogP contribution in [0.15, 0.2) is 60.8 Å². The van der Waals surface area contributed by atoms with Gasteiger partial charge in [-0.25, -0.2) is 14.2 Å². The van der Waals surface area contributed by atoms with Gasteiger partial charge in [0.05, 0.1) is 11.1 Å². The number of rotatable bonds is 3. The number of ether oxygens (including phenoxy) is 1. The first-order chi connectivity index (χ1) is 12.5. The molecule has 0 fully saturated rings. The second-order valence-corrected chi connectivity index (χ2v) is 6.37. The van der Waals surface area contributed by atoms with Crippen LogP contribution in [0.5, 0.6) is 0 Å². The van der Waals surface area contributed by atoms with Gasteiger partial charge in [-0.3, -0.25) is 0 Å². The van der Waals surface area contributed by atoms with Gasteiger partial charge in [0.15, 0.2) is 0 Å². The zero-order chi connectivity index (χ0) is 18.3. The number of aromatic nitrogens is 1. The Bertz CT molecular complexity index is 1000. The first-order valence-corrected chi connectivity index (χ1v) is 8.30. The van der Waals surface area contributed by atoms with Gasteiger partial charge >= 0.3 is 5.97 Å². The topological polar surface area (TPSA) is 51.2 Å². The van der Waals surface area contributed by atoms with Crippen molar-refractivity contribution in [2.45, 2.75) is 19.6 Å². The van der Waals surface area contributed by atoms with Gasteiger partial charge in [0, 0.05) is 11.8 Å². The van der Waals surface area contributed by atoms with Crippen LogP contribution >= 0.6 is 0 Å². The Hall–Kier alpha value is -3.21. The Morgan fingerprint density at radius 2 is 1.88 bits per heavy atom. The lowest BCUT2D eigenvalue weighted by atomic mass is 9.90. The van der Waals surface area contributed by atoms with Gasteiger partial charge in [0.25, 0.3) is 0 Å². The molecule has 5 heteroatoms. The maximum absolute atomic E-state index is 14.8. The van der Waals surface area contributed by atoms with Crippen LogP contribution in [0.2, 0.25) is 0 Å². The standard InChI is InChI=1S/C21H17FN2O2/c1-13-9-10-15(12-14(13)2)21(24-18-8-3-4-11-23-18)19-16(20(25)26-21)6-5-7-17(19)22/h3-12H,1-2H3,(H,23,24). The minimum absolute atomic E-state index is 0.180. The van der Waals surface area contributed by atoms with E-state index in [1.54, 1.807) is 24.4 Å². The van der Waals surface area contributed by atoms with Crippen molar-refractivity contribution in [2.75, 3.05) is 5.32 Å². The zero-order valence-corrected chi connectivity index (χ0v) is 14.4. The highest BCUT2D eigenvalue weighted by Crippen LogP contribution is 2.43. The van der Waals surface area contributed by atoms with Gasteiger partial charge in [-0.1, -0.05) is 24.3 Å². The number of aryl methyl sites for hydroxylation is 2. The fraction of sp³-hybridized carbons (Fsp3) is 0.143. The van der Waals surface area contributed by atoms with E-state index < -0.39 is 17.5 Å². The monoisotopic (exact) mass is 348 g/mol. The normalized spacial score (nSPS) is 18.3. The predicted octanol–water partition coefficient (Wildman–Crippen LogP) is 4.32. The highest BCUT2D eigenvalue weighted by atomic mass is 19.1. The summed E-state index contributed by atoms with van der Waals surface area (Å²) in [7, 11) is 0. The van der Waals surface area contributed by atoms with Crippen molar-refractivity contribution in [3.63, 3.8) is 0 Å². The summed E-state index contributed by atoms with van der Waals surface area (Å²) in [6, 6.07) is 15.4. The largest absolute Gasteiger partial charge is 0.426 e. The number of carbonyl (C=O) groups excluding carboxylic acids is 1. The molecule has 1 atom stereocenters. The summed E-state index contributed by atoms with van der Waals surface area (Å²) < 4.78 is 20.6. The lowest BCUT2D eigenvalue weighted by molar-refractivity contribution is 0.0204. The highest BCUT2D eigenvalue weighted by molar-refractivity contribution is 5.96. The fourth-order valence-corrected chi connectivity index (χ4v) is 3.24. The Balaban J connectivity index is 1.98. The number of hydrogen-bond acceptors (Lipinski definition) is 4. The molecule has 1 aliphatic rings. The molecular formula is C21H17FN2O2. The van der Waals surface area contributed by atoms with Crippen molar-refractivity contribution in [1.29, 1.82) is 0 Å². The highest BCUT2D eigenvalue weighted by Gasteiger charge is 2.49. The lowest BCUT2D eigenvalue weighted by Gasteiger charge is -2.31. The van der Waals surface area contributed by atoms with E-state index >= 15 is 0 Å². The minimum atomic E-state index is -1.47. The number of carbonyl (C=O) groups is 1. The SMILES string of the molecule is Cc1ccc(C2(Nc3ccccn3)OC(=O)c3cccc(F)c32)cc1C. The molecule has 2 aromatic carbocycles. The lowest BCUT2D eigenvalue weighted by Crippen LogP contribution is -2.38. The van der Waals surface area contributed by atoms with Gasteiger partial charge in [-0.05, 0) is 55.3 Å². The molecule has 26 heavy (non-hydrogen) atoms. The molecule has 0 saturated heterocycles. The molecule has 0 aliphatic carbocycles. The van der Waals surface area contributed by atoms with Gasteiger partial charge in [-0.2, -0.15) is 0 Å². The molecule has 1 aliphatic heterocycles. The van der Waals surface area contributed by atoms with E-state index in [1.807, 2.05) is 38.1 Å². The van der Waals surface area contributed by atoms with Gasteiger partial charge < -0.3 is 10.1 Å². The Morgan fingerprint density at radius 3 is 2.62 bits per heavy atom. The summed E-state index contributed by atoms with van der Waals surface area (Å²) >= 11 is 0. The molecule has 0 saturated carbocycles. The van der Waals surface area contributed by atoms with Crippen LogP contribution in [-0.2, 0) is 10.5 Å². The number of pyridine rings is 1. The minimum Gasteiger partial charge on any atom is -0.426 e. The number of nitrogens with zero attached hydrogens (tertiary/aromatic N) is 1. The van der Waals surface area contributed by atoms with Crippen molar-refractivity contribution in [3.05, 3.63) is 94.4 Å². The maximum Gasteiger partial charge on any atom is 0.341 e. The van der Waals surface area contributed by atoms with Crippen LogP contribution in [0.25, 0.3) is 0 Å². The maximum atomic E-state index is 14.8. The molecular weight excluding hydrogens is 331 g/mol. The second kappa shape index (κ2) is 5.95. The molecule has 4 rings (SSSR count). The van der Waals surface area contributed by atoms with E-state index in [-0.39, 0.29) is 11.1 Å². The molecule has 0 amide bonds.